The Morgan fingerprint density at radius 1 is 1.03 bits per heavy atom. The standard InChI is InChI=1S/C23H28N4O2S/c1-29-16-15-24-22(28)14-8-9-17-30-23-26-25-21(18-19-10-4-2-5-11-19)27(23)20-12-6-3-7-13-20/h2-7,10-13H,8-9,14-18H2,1H3,(H,24,28). The monoisotopic (exact) mass is 424 g/mol. The number of unbranched alkanes of at least 4 members (excludes halogenated alkanes) is 1. The topological polar surface area (TPSA) is 69.0 Å². The van der Waals surface area contributed by atoms with Crippen LogP contribution < -0.4 is 5.32 Å². The molecule has 30 heavy (non-hydrogen) atoms. The number of hydrogen-bond donors (Lipinski definition) is 1. The summed E-state index contributed by atoms with van der Waals surface area (Å²) in [7, 11) is 1.63. The Morgan fingerprint density at radius 3 is 2.50 bits per heavy atom. The fourth-order valence-corrected chi connectivity index (χ4v) is 4.02. The van der Waals surface area contributed by atoms with E-state index in [-0.39, 0.29) is 5.91 Å². The van der Waals surface area contributed by atoms with Crippen molar-refractivity contribution in [2.45, 2.75) is 30.8 Å². The van der Waals surface area contributed by atoms with Crippen molar-refractivity contribution in [3.8, 4) is 5.69 Å². The third-order valence-corrected chi connectivity index (χ3v) is 5.59. The van der Waals surface area contributed by atoms with Crippen molar-refractivity contribution in [1.29, 1.82) is 0 Å². The highest BCUT2D eigenvalue weighted by Crippen LogP contribution is 2.24. The van der Waals surface area contributed by atoms with Crippen LogP contribution in [0.15, 0.2) is 65.8 Å². The van der Waals surface area contributed by atoms with Gasteiger partial charge in [-0.2, -0.15) is 0 Å². The minimum absolute atomic E-state index is 0.0784. The number of rotatable bonds is 12. The molecule has 3 rings (SSSR count). The molecule has 0 bridgehead atoms. The largest absolute Gasteiger partial charge is 0.383 e. The van der Waals surface area contributed by atoms with Crippen molar-refractivity contribution in [2.24, 2.45) is 0 Å². The van der Waals surface area contributed by atoms with Gasteiger partial charge < -0.3 is 10.1 Å². The van der Waals surface area contributed by atoms with Gasteiger partial charge in [-0.3, -0.25) is 9.36 Å². The van der Waals surface area contributed by atoms with Crippen LogP contribution in [0.25, 0.3) is 5.69 Å². The molecule has 0 fully saturated rings. The van der Waals surface area contributed by atoms with Crippen LogP contribution in [0.5, 0.6) is 0 Å². The maximum absolute atomic E-state index is 11.8. The Hall–Kier alpha value is -2.64. The van der Waals surface area contributed by atoms with E-state index in [4.69, 9.17) is 4.74 Å². The number of amides is 1. The Morgan fingerprint density at radius 2 is 1.77 bits per heavy atom. The summed E-state index contributed by atoms with van der Waals surface area (Å²) >= 11 is 1.68. The number of carbonyl (C=O) groups is 1. The second kappa shape index (κ2) is 12.1. The highest BCUT2D eigenvalue weighted by molar-refractivity contribution is 7.99. The highest BCUT2D eigenvalue weighted by Gasteiger charge is 2.14. The Labute approximate surface area is 182 Å². The van der Waals surface area contributed by atoms with Gasteiger partial charge in [0.25, 0.3) is 0 Å². The van der Waals surface area contributed by atoms with Crippen molar-refractivity contribution in [3.63, 3.8) is 0 Å². The summed E-state index contributed by atoms with van der Waals surface area (Å²) in [5, 5.41) is 12.7. The average Bonchev–Trinajstić information content (AvgIpc) is 3.17. The van der Waals surface area contributed by atoms with Crippen molar-refractivity contribution in [1.82, 2.24) is 20.1 Å². The molecule has 0 atom stereocenters. The van der Waals surface area contributed by atoms with Gasteiger partial charge in [0, 0.05) is 37.9 Å². The lowest BCUT2D eigenvalue weighted by Crippen LogP contribution is -2.26. The lowest BCUT2D eigenvalue weighted by molar-refractivity contribution is -0.121. The molecular formula is C23H28N4O2S. The molecule has 0 saturated carbocycles. The van der Waals surface area contributed by atoms with Crippen molar-refractivity contribution in [3.05, 3.63) is 72.1 Å². The predicted octanol–water partition coefficient (Wildman–Crippen LogP) is 3.88. The molecule has 6 nitrogen and oxygen atoms in total. The van der Waals surface area contributed by atoms with Crippen LogP contribution in [-0.2, 0) is 16.0 Å². The smallest absolute Gasteiger partial charge is 0.220 e. The van der Waals surface area contributed by atoms with Gasteiger partial charge in [0.15, 0.2) is 5.16 Å². The van der Waals surface area contributed by atoms with Crippen LogP contribution in [0.4, 0.5) is 0 Å². The van der Waals surface area contributed by atoms with Crippen LogP contribution in [0, 0.1) is 0 Å². The van der Waals surface area contributed by atoms with E-state index in [1.54, 1.807) is 18.9 Å². The number of methoxy groups -OCH3 is 1. The zero-order chi connectivity index (χ0) is 21.0. The zero-order valence-corrected chi connectivity index (χ0v) is 18.1. The molecule has 0 aliphatic carbocycles. The van der Waals surface area contributed by atoms with Crippen LogP contribution >= 0.6 is 11.8 Å². The molecule has 0 saturated heterocycles. The molecule has 0 aliphatic heterocycles. The fraction of sp³-hybridized carbons (Fsp3) is 0.348. The molecule has 2 aromatic carbocycles. The minimum Gasteiger partial charge on any atom is -0.383 e. The molecule has 158 valence electrons. The van der Waals surface area contributed by atoms with Crippen LogP contribution in [0.1, 0.15) is 30.7 Å². The number of hydrogen-bond acceptors (Lipinski definition) is 5. The quantitative estimate of drug-likeness (QED) is 0.353. The van der Waals surface area contributed by atoms with Gasteiger partial charge in [-0.1, -0.05) is 60.3 Å². The number of nitrogens with one attached hydrogen (secondary N) is 1. The second-order valence-corrected chi connectivity index (χ2v) is 7.94. The first-order valence-electron chi connectivity index (χ1n) is 10.2. The summed E-state index contributed by atoms with van der Waals surface area (Å²) in [5.41, 5.74) is 2.27. The van der Waals surface area contributed by atoms with Crippen molar-refractivity contribution >= 4 is 17.7 Å². The van der Waals surface area contributed by atoms with E-state index >= 15 is 0 Å². The van der Waals surface area contributed by atoms with Gasteiger partial charge in [0.1, 0.15) is 5.82 Å². The number of ether oxygens (including phenoxy) is 1. The number of para-hydroxylation sites is 1. The molecular weight excluding hydrogens is 396 g/mol. The Balaban J connectivity index is 1.59. The molecule has 3 aromatic rings. The van der Waals surface area contributed by atoms with Gasteiger partial charge in [0.2, 0.25) is 5.91 Å². The maximum Gasteiger partial charge on any atom is 0.220 e. The third-order valence-electron chi connectivity index (χ3n) is 4.58. The normalized spacial score (nSPS) is 10.8. The van der Waals surface area contributed by atoms with Gasteiger partial charge in [-0.15, -0.1) is 10.2 Å². The first kappa shape index (κ1) is 22.1. The predicted molar refractivity (Wildman–Crippen MR) is 120 cm³/mol. The summed E-state index contributed by atoms with van der Waals surface area (Å²) < 4.78 is 7.07. The number of benzene rings is 2. The molecule has 0 aliphatic rings. The van der Waals surface area contributed by atoms with E-state index < -0.39 is 0 Å². The fourth-order valence-electron chi connectivity index (χ4n) is 3.06. The van der Waals surface area contributed by atoms with E-state index in [9.17, 15) is 4.79 Å². The summed E-state index contributed by atoms with van der Waals surface area (Å²) in [6, 6.07) is 20.5. The van der Waals surface area contributed by atoms with E-state index in [1.165, 1.54) is 5.56 Å². The Bertz CT molecular complexity index is 900. The summed E-state index contributed by atoms with van der Waals surface area (Å²) in [6.07, 6.45) is 3.06. The second-order valence-electron chi connectivity index (χ2n) is 6.88. The van der Waals surface area contributed by atoms with E-state index in [0.717, 1.165) is 41.7 Å². The summed E-state index contributed by atoms with van der Waals surface area (Å²) in [4.78, 5) is 11.8. The molecule has 1 amide bonds. The first-order valence-corrected chi connectivity index (χ1v) is 11.2. The number of nitrogens with zero attached hydrogens (tertiary/aromatic N) is 3. The SMILES string of the molecule is COCCNC(=O)CCCCSc1nnc(Cc2ccccc2)n1-c1ccccc1. The lowest BCUT2D eigenvalue weighted by Gasteiger charge is -2.10. The van der Waals surface area contributed by atoms with Crippen molar-refractivity contribution < 1.29 is 9.53 Å². The van der Waals surface area contributed by atoms with Crippen molar-refractivity contribution in [2.75, 3.05) is 26.0 Å². The van der Waals surface area contributed by atoms with Gasteiger partial charge >= 0.3 is 0 Å². The molecule has 0 radical (unpaired) electrons. The minimum atomic E-state index is 0.0784. The maximum atomic E-state index is 11.8. The number of aromatic nitrogens is 3. The highest BCUT2D eigenvalue weighted by atomic mass is 32.2. The van der Waals surface area contributed by atoms with Gasteiger partial charge in [0.05, 0.1) is 6.61 Å². The zero-order valence-electron chi connectivity index (χ0n) is 17.3. The molecule has 7 heteroatoms. The summed E-state index contributed by atoms with van der Waals surface area (Å²) in [5.74, 6) is 1.89. The van der Waals surface area contributed by atoms with Crippen LogP contribution in [0.2, 0.25) is 0 Å². The van der Waals surface area contributed by atoms with E-state index in [0.29, 0.717) is 19.6 Å². The lowest BCUT2D eigenvalue weighted by atomic mass is 10.1. The molecule has 1 heterocycles. The van der Waals surface area contributed by atoms with Crippen LogP contribution in [0.3, 0.4) is 0 Å². The van der Waals surface area contributed by atoms with Gasteiger partial charge in [-0.25, -0.2) is 0 Å². The van der Waals surface area contributed by atoms with E-state index in [2.05, 4.69) is 44.3 Å². The molecule has 0 unspecified atom stereocenters. The number of thioether (sulfide) groups is 1. The molecule has 0 spiro atoms. The summed E-state index contributed by atoms with van der Waals surface area (Å²) in [6.45, 7) is 1.11. The van der Waals surface area contributed by atoms with Gasteiger partial charge in [-0.05, 0) is 30.5 Å². The van der Waals surface area contributed by atoms with Crippen LogP contribution in [-0.4, -0.2) is 46.7 Å². The molecule has 1 N–H and O–H groups in total. The average molecular weight is 425 g/mol. The third kappa shape index (κ3) is 6.71. The first-order chi connectivity index (χ1) is 14.8. The number of carbonyl (C=O) groups excluding carboxylic acids is 1. The Kier molecular flexibility index (Phi) is 8.93. The molecule has 1 aromatic heterocycles. The van der Waals surface area contributed by atoms with E-state index in [1.807, 2.05) is 36.4 Å².